The molecule has 3 heterocycles. The van der Waals surface area contributed by atoms with Crippen LogP contribution in [0.2, 0.25) is 10.0 Å². The number of hydrogen-bond donors (Lipinski definition) is 2. The molecule has 0 saturated carbocycles. The molecule has 1 aliphatic rings. The Morgan fingerprint density at radius 3 is 2.58 bits per heavy atom. The fraction of sp³-hybridized carbons (Fsp3) is 0.308. The molecule has 168 valence electrons. The Morgan fingerprint density at radius 1 is 1.12 bits per heavy atom. The first-order valence-corrected chi connectivity index (χ1v) is 12.2. The number of halogens is 2. The van der Waals surface area contributed by atoms with Gasteiger partial charge in [0.25, 0.3) is 0 Å². The molecule has 0 amide bonds. The summed E-state index contributed by atoms with van der Waals surface area (Å²) in [6.07, 6.45) is 0.884. The highest BCUT2D eigenvalue weighted by Crippen LogP contribution is 2.28. The molecule has 1 fully saturated rings. The average molecular weight is 480 g/mol. The molecule has 5 rings (SSSR count). The van der Waals surface area contributed by atoms with Crippen molar-refractivity contribution in [3.8, 4) is 6.07 Å². The monoisotopic (exact) mass is 479 g/mol. The number of anilines is 1. The largest absolute Gasteiger partial charge is 0.326 e. The van der Waals surface area contributed by atoms with Gasteiger partial charge in [0.05, 0.1) is 10.0 Å². The Hall–Kier alpha value is -2.78. The summed E-state index contributed by atoms with van der Waals surface area (Å²) in [6, 6.07) is 16.7. The molecule has 0 bridgehead atoms. The minimum Gasteiger partial charge on any atom is -0.326 e. The van der Waals surface area contributed by atoms with Crippen molar-refractivity contribution in [3.63, 3.8) is 0 Å². The third-order valence-corrected chi connectivity index (χ3v) is 7.58. The summed E-state index contributed by atoms with van der Waals surface area (Å²) in [4.78, 5) is 7.54. The van der Waals surface area contributed by atoms with Gasteiger partial charge in [-0.15, -0.1) is 0 Å². The first kappa shape index (κ1) is 22.0. The van der Waals surface area contributed by atoms with Crippen molar-refractivity contribution in [2.45, 2.75) is 26.8 Å². The summed E-state index contributed by atoms with van der Waals surface area (Å²) in [5.41, 5.74) is 7.31. The van der Waals surface area contributed by atoms with Crippen molar-refractivity contribution in [2.24, 2.45) is 0 Å². The predicted molar refractivity (Wildman–Crippen MR) is 133 cm³/mol. The van der Waals surface area contributed by atoms with Gasteiger partial charge in [-0.1, -0.05) is 48.3 Å². The lowest BCUT2D eigenvalue weighted by molar-refractivity contribution is -0.914. The third kappa shape index (κ3) is 3.83. The number of hydrogen-bond acceptors (Lipinski definition) is 2. The maximum absolute atomic E-state index is 9.96. The Kier molecular flexibility index (Phi) is 5.92. The molecule has 5 nitrogen and oxygen atoms in total. The Labute approximate surface area is 203 Å². The van der Waals surface area contributed by atoms with Gasteiger partial charge in [-0.05, 0) is 43.2 Å². The van der Waals surface area contributed by atoms with Gasteiger partial charge in [0, 0.05) is 11.1 Å². The molecular weight excluding hydrogens is 453 g/mol. The summed E-state index contributed by atoms with van der Waals surface area (Å²) >= 11 is 12.3. The van der Waals surface area contributed by atoms with E-state index in [9.17, 15) is 5.26 Å². The topological polar surface area (TPSA) is 51.4 Å². The lowest BCUT2D eigenvalue weighted by Crippen LogP contribution is -3.13. The number of imidazole rings is 1. The fourth-order valence-corrected chi connectivity index (χ4v) is 5.47. The number of rotatable bonds is 4. The molecule has 4 aromatic rings. The first-order valence-electron chi connectivity index (χ1n) is 11.4. The predicted octanol–water partition coefficient (Wildman–Crippen LogP) is 3.86. The molecule has 1 aliphatic heterocycles. The number of nitriles is 1. The van der Waals surface area contributed by atoms with Gasteiger partial charge in [-0.3, -0.25) is 9.88 Å². The van der Waals surface area contributed by atoms with Crippen LogP contribution in [-0.2, 0) is 13.0 Å². The van der Waals surface area contributed by atoms with Gasteiger partial charge in [-0.25, -0.2) is 0 Å². The fourth-order valence-electron chi connectivity index (χ4n) is 5.15. The molecule has 2 N–H and O–H groups in total. The number of fused-ring (bicyclic) bond motifs is 3. The molecule has 0 atom stereocenters. The zero-order valence-electron chi connectivity index (χ0n) is 18.9. The molecule has 7 heteroatoms. The van der Waals surface area contributed by atoms with E-state index in [1.165, 1.54) is 21.8 Å². The van der Waals surface area contributed by atoms with Gasteiger partial charge >= 0.3 is 0 Å². The molecule has 33 heavy (non-hydrogen) atoms. The van der Waals surface area contributed by atoms with E-state index >= 15 is 0 Å². The zero-order chi connectivity index (χ0) is 23.1. The minimum absolute atomic E-state index is 0.600. The van der Waals surface area contributed by atoms with E-state index in [4.69, 9.17) is 23.2 Å². The van der Waals surface area contributed by atoms with E-state index in [2.05, 4.69) is 58.5 Å². The van der Waals surface area contributed by atoms with Crippen LogP contribution in [0.15, 0.2) is 42.5 Å². The number of quaternary nitrogens is 1. The van der Waals surface area contributed by atoms with Crippen molar-refractivity contribution in [1.82, 2.24) is 4.98 Å². The van der Waals surface area contributed by atoms with E-state index in [1.807, 2.05) is 18.2 Å². The number of nitrogens with zero attached hydrogens (tertiary/aromatic N) is 3. The Balaban J connectivity index is 1.51. The molecular formula is C26H27Cl2N5+2. The summed E-state index contributed by atoms with van der Waals surface area (Å²) in [6.45, 7) is 9.18. The van der Waals surface area contributed by atoms with Crippen LogP contribution in [0.25, 0.3) is 16.7 Å². The number of para-hydroxylation sites is 2. The van der Waals surface area contributed by atoms with Gasteiger partial charge in [0.1, 0.15) is 55.4 Å². The number of piperazine rings is 1. The Morgan fingerprint density at radius 2 is 1.88 bits per heavy atom. The molecule has 0 spiro atoms. The number of H-pyrrole nitrogens is 1. The van der Waals surface area contributed by atoms with Crippen LogP contribution in [0, 0.1) is 18.3 Å². The van der Waals surface area contributed by atoms with Crippen molar-refractivity contribution in [1.29, 1.82) is 5.26 Å². The summed E-state index contributed by atoms with van der Waals surface area (Å²) in [5.74, 6) is 1.22. The number of pyridine rings is 1. The molecule has 2 aromatic carbocycles. The van der Waals surface area contributed by atoms with Crippen molar-refractivity contribution >= 4 is 45.7 Å². The van der Waals surface area contributed by atoms with Crippen LogP contribution in [-0.4, -0.2) is 31.2 Å². The molecule has 2 aromatic heterocycles. The maximum atomic E-state index is 9.96. The van der Waals surface area contributed by atoms with E-state index in [0.29, 0.717) is 10.0 Å². The summed E-state index contributed by atoms with van der Waals surface area (Å²) in [5, 5.41) is 11.2. The third-order valence-electron chi connectivity index (χ3n) is 6.84. The molecule has 0 unspecified atom stereocenters. The van der Waals surface area contributed by atoms with E-state index < -0.39 is 0 Å². The normalized spacial score (nSPS) is 14.8. The summed E-state index contributed by atoms with van der Waals surface area (Å²) in [7, 11) is 0. The highest BCUT2D eigenvalue weighted by molar-refractivity contribution is 6.42. The quantitative estimate of drug-likeness (QED) is 0.436. The van der Waals surface area contributed by atoms with Crippen LogP contribution in [0.4, 0.5) is 5.82 Å². The molecule has 1 saturated heterocycles. The smallest absolute Gasteiger partial charge is 0.250 e. The van der Waals surface area contributed by atoms with E-state index in [-0.39, 0.29) is 0 Å². The highest BCUT2D eigenvalue weighted by atomic mass is 35.5. The Bertz CT molecular complexity index is 1390. The van der Waals surface area contributed by atoms with Crippen LogP contribution in [0.1, 0.15) is 29.2 Å². The van der Waals surface area contributed by atoms with Gasteiger partial charge in [0.2, 0.25) is 11.5 Å². The van der Waals surface area contributed by atoms with Crippen molar-refractivity contribution in [3.05, 3.63) is 74.8 Å². The lowest BCUT2D eigenvalue weighted by atomic mass is 10.0. The average Bonchev–Trinajstić information content (AvgIpc) is 3.20. The SMILES string of the molecule is CCc1c(C)c(C#N)c2[nH]c3ccccc3[n+]2c1N1CC[NH+](Cc2ccc(Cl)c(Cl)c2)CC1. The van der Waals surface area contributed by atoms with Crippen LogP contribution in [0.3, 0.4) is 0 Å². The molecule has 0 aliphatic carbocycles. The van der Waals surface area contributed by atoms with E-state index in [0.717, 1.165) is 67.0 Å². The lowest BCUT2D eigenvalue weighted by Gasteiger charge is -2.31. The second-order valence-corrected chi connectivity index (χ2v) is 9.57. The highest BCUT2D eigenvalue weighted by Gasteiger charge is 2.32. The van der Waals surface area contributed by atoms with Crippen LogP contribution < -0.4 is 14.2 Å². The van der Waals surface area contributed by atoms with Crippen molar-refractivity contribution < 1.29 is 9.30 Å². The summed E-state index contributed by atoms with van der Waals surface area (Å²) < 4.78 is 2.27. The van der Waals surface area contributed by atoms with Gasteiger partial charge < -0.3 is 4.90 Å². The number of aromatic amines is 1. The zero-order valence-corrected chi connectivity index (χ0v) is 20.4. The minimum atomic E-state index is 0.600. The second-order valence-electron chi connectivity index (χ2n) is 8.76. The van der Waals surface area contributed by atoms with Crippen LogP contribution >= 0.6 is 23.2 Å². The first-order chi connectivity index (χ1) is 16.0. The maximum Gasteiger partial charge on any atom is 0.250 e. The van der Waals surface area contributed by atoms with Crippen LogP contribution in [0.5, 0.6) is 0 Å². The standard InChI is InChI=1S/C26H25Cl2N5/c1-3-19-17(2)20(15-29)25-30-23-6-4-5-7-24(23)33(25)26(19)32-12-10-31(11-13-32)16-18-8-9-21(27)22(28)14-18/h4-9,14H,3,10-13,16H2,1-2H3/p+2. The van der Waals surface area contributed by atoms with Gasteiger partial charge in [-0.2, -0.15) is 9.66 Å². The van der Waals surface area contributed by atoms with Gasteiger partial charge in [0.15, 0.2) is 0 Å². The molecule has 0 radical (unpaired) electrons. The number of aromatic nitrogens is 2. The van der Waals surface area contributed by atoms with Crippen molar-refractivity contribution in [2.75, 3.05) is 31.1 Å². The number of nitrogens with one attached hydrogen (secondary N) is 2. The second kappa shape index (κ2) is 8.87. The van der Waals surface area contributed by atoms with E-state index in [1.54, 1.807) is 0 Å². The number of benzene rings is 2.